The number of thioether (sulfide) groups is 1. The zero-order chi connectivity index (χ0) is 21.6. The van der Waals surface area contributed by atoms with Crippen LogP contribution in [0.5, 0.6) is 5.75 Å². The van der Waals surface area contributed by atoms with E-state index in [9.17, 15) is 9.59 Å². The first kappa shape index (κ1) is 21.7. The number of ether oxygens (including phenoxy) is 1. The molecule has 0 bridgehead atoms. The number of carbonyl (C=O) groups excluding carboxylic acids is 2. The van der Waals surface area contributed by atoms with Gasteiger partial charge < -0.3 is 4.74 Å². The summed E-state index contributed by atoms with van der Waals surface area (Å²) < 4.78 is 5.69. The summed E-state index contributed by atoms with van der Waals surface area (Å²) in [6.45, 7) is 2.73. The first-order chi connectivity index (χ1) is 15.2. The van der Waals surface area contributed by atoms with Crippen LogP contribution < -0.4 is 4.74 Å². The summed E-state index contributed by atoms with van der Waals surface area (Å²) in [5, 5.41) is 0. The third-order valence-electron chi connectivity index (χ3n) is 5.85. The van der Waals surface area contributed by atoms with Crippen LogP contribution in [0.3, 0.4) is 0 Å². The van der Waals surface area contributed by atoms with Crippen molar-refractivity contribution in [3.8, 4) is 5.75 Å². The predicted octanol–water partition coefficient (Wildman–Crippen LogP) is 5.82. The molecule has 4 nitrogen and oxygen atoms in total. The highest BCUT2D eigenvalue weighted by atomic mass is 32.2. The van der Waals surface area contributed by atoms with Crippen LogP contribution in [0.25, 0.3) is 5.57 Å². The first-order valence-electron chi connectivity index (χ1n) is 11.2. The van der Waals surface area contributed by atoms with Gasteiger partial charge in [0.1, 0.15) is 5.75 Å². The standard InChI is InChI=1S/C26H29NO3S/c1-2-17-30-22-15-13-20(14-16-22)23-24(31-18-19-9-5-3-6-10-19)26(29)27(25(23)28)21-11-7-4-8-12-21/h3,5-6,9-10,13-16,21H,2,4,7-8,11-12,17-18H2,1H3. The van der Waals surface area contributed by atoms with Gasteiger partial charge in [0.05, 0.1) is 17.1 Å². The molecule has 0 N–H and O–H groups in total. The van der Waals surface area contributed by atoms with Gasteiger partial charge in [-0.3, -0.25) is 14.5 Å². The SMILES string of the molecule is CCCOc1ccc(C2=C(SCc3ccccc3)C(=O)N(C3CCCCC3)C2=O)cc1. The molecule has 0 aromatic heterocycles. The Balaban J connectivity index is 1.63. The van der Waals surface area contributed by atoms with Crippen LogP contribution in [-0.4, -0.2) is 29.4 Å². The van der Waals surface area contributed by atoms with E-state index in [4.69, 9.17) is 4.74 Å². The topological polar surface area (TPSA) is 46.6 Å². The Morgan fingerprint density at radius 1 is 0.935 bits per heavy atom. The second-order valence-electron chi connectivity index (χ2n) is 8.12. The summed E-state index contributed by atoms with van der Waals surface area (Å²) >= 11 is 1.47. The molecule has 0 spiro atoms. The average molecular weight is 436 g/mol. The largest absolute Gasteiger partial charge is 0.494 e. The van der Waals surface area contributed by atoms with Crippen molar-refractivity contribution < 1.29 is 14.3 Å². The molecule has 5 heteroatoms. The minimum absolute atomic E-state index is 0.0192. The van der Waals surface area contributed by atoms with E-state index in [1.165, 1.54) is 18.2 Å². The Morgan fingerprint density at radius 3 is 2.32 bits per heavy atom. The normalized spacial score (nSPS) is 17.5. The zero-order valence-corrected chi connectivity index (χ0v) is 18.8. The zero-order valence-electron chi connectivity index (χ0n) is 18.0. The van der Waals surface area contributed by atoms with E-state index in [1.807, 2.05) is 54.6 Å². The van der Waals surface area contributed by atoms with E-state index >= 15 is 0 Å². The van der Waals surface area contributed by atoms with E-state index in [1.54, 1.807) is 4.90 Å². The summed E-state index contributed by atoms with van der Waals surface area (Å²) in [6.07, 6.45) is 6.09. The van der Waals surface area contributed by atoms with Crippen LogP contribution >= 0.6 is 11.8 Å². The van der Waals surface area contributed by atoms with Gasteiger partial charge in [0.25, 0.3) is 11.8 Å². The fraction of sp³-hybridized carbons (Fsp3) is 0.385. The Bertz CT molecular complexity index is 946. The van der Waals surface area contributed by atoms with Gasteiger partial charge >= 0.3 is 0 Å². The maximum atomic E-state index is 13.5. The highest BCUT2D eigenvalue weighted by Gasteiger charge is 2.42. The summed E-state index contributed by atoms with van der Waals surface area (Å²) in [7, 11) is 0. The second kappa shape index (κ2) is 10.2. The van der Waals surface area contributed by atoms with Gasteiger partial charge in [0, 0.05) is 11.8 Å². The highest BCUT2D eigenvalue weighted by Crippen LogP contribution is 2.40. The highest BCUT2D eigenvalue weighted by molar-refractivity contribution is 8.03. The van der Waals surface area contributed by atoms with Gasteiger partial charge in [0.2, 0.25) is 0 Å². The molecule has 1 aliphatic heterocycles. The molecule has 1 aliphatic carbocycles. The van der Waals surface area contributed by atoms with Crippen molar-refractivity contribution >= 4 is 29.1 Å². The van der Waals surface area contributed by atoms with Crippen molar-refractivity contribution in [2.24, 2.45) is 0 Å². The molecule has 0 saturated heterocycles. The summed E-state index contributed by atoms with van der Waals surface area (Å²) in [4.78, 5) is 29.0. The molecule has 4 rings (SSSR count). The summed E-state index contributed by atoms with van der Waals surface area (Å²) in [6, 6.07) is 17.7. The van der Waals surface area contributed by atoms with Gasteiger partial charge in [0.15, 0.2) is 0 Å². The van der Waals surface area contributed by atoms with Gasteiger partial charge in [-0.2, -0.15) is 0 Å². The van der Waals surface area contributed by atoms with Crippen LogP contribution in [0.4, 0.5) is 0 Å². The maximum absolute atomic E-state index is 13.5. The minimum Gasteiger partial charge on any atom is -0.494 e. The lowest BCUT2D eigenvalue weighted by molar-refractivity contribution is -0.139. The van der Waals surface area contributed by atoms with Crippen molar-refractivity contribution in [3.63, 3.8) is 0 Å². The third kappa shape index (κ3) is 4.87. The lowest BCUT2D eigenvalue weighted by Gasteiger charge is -2.29. The monoisotopic (exact) mass is 435 g/mol. The predicted molar refractivity (Wildman–Crippen MR) is 126 cm³/mol. The van der Waals surface area contributed by atoms with Gasteiger partial charge in [-0.1, -0.05) is 68.7 Å². The molecule has 31 heavy (non-hydrogen) atoms. The molecule has 1 fully saturated rings. The van der Waals surface area contributed by atoms with Crippen molar-refractivity contribution in [1.29, 1.82) is 0 Å². The lowest BCUT2D eigenvalue weighted by Crippen LogP contribution is -2.42. The first-order valence-corrected chi connectivity index (χ1v) is 12.2. The number of hydrogen-bond donors (Lipinski definition) is 0. The van der Waals surface area contributed by atoms with Gasteiger partial charge in [-0.05, 0) is 42.5 Å². The van der Waals surface area contributed by atoms with Crippen LogP contribution in [0.1, 0.15) is 56.6 Å². The molecular weight excluding hydrogens is 406 g/mol. The van der Waals surface area contributed by atoms with Crippen LogP contribution in [0.15, 0.2) is 59.5 Å². The van der Waals surface area contributed by atoms with Crippen molar-refractivity contribution in [2.45, 2.75) is 57.2 Å². The molecule has 2 aliphatic rings. The molecule has 0 atom stereocenters. The number of imide groups is 1. The fourth-order valence-electron chi connectivity index (χ4n) is 4.25. The molecule has 1 saturated carbocycles. The van der Waals surface area contributed by atoms with Gasteiger partial charge in [-0.25, -0.2) is 0 Å². The quantitative estimate of drug-likeness (QED) is 0.490. The number of carbonyl (C=O) groups is 2. The average Bonchev–Trinajstić information content (AvgIpc) is 3.07. The van der Waals surface area contributed by atoms with Gasteiger partial charge in [-0.15, -0.1) is 11.8 Å². The molecule has 1 heterocycles. The Kier molecular flexibility index (Phi) is 7.13. The molecule has 2 aromatic rings. The van der Waals surface area contributed by atoms with E-state index < -0.39 is 0 Å². The van der Waals surface area contributed by atoms with E-state index in [0.717, 1.165) is 49.0 Å². The van der Waals surface area contributed by atoms with Crippen molar-refractivity contribution in [3.05, 3.63) is 70.6 Å². The lowest BCUT2D eigenvalue weighted by atomic mass is 9.94. The maximum Gasteiger partial charge on any atom is 0.268 e. The van der Waals surface area contributed by atoms with E-state index in [2.05, 4.69) is 6.92 Å². The molecule has 2 aromatic carbocycles. The Hall–Kier alpha value is -2.53. The van der Waals surface area contributed by atoms with Crippen molar-refractivity contribution in [2.75, 3.05) is 6.61 Å². The van der Waals surface area contributed by atoms with Crippen LogP contribution in [-0.2, 0) is 15.3 Å². The summed E-state index contributed by atoms with van der Waals surface area (Å²) in [5.41, 5.74) is 2.47. The number of nitrogens with zero attached hydrogens (tertiary/aromatic N) is 1. The van der Waals surface area contributed by atoms with E-state index in [-0.39, 0.29) is 17.9 Å². The molecule has 2 amide bonds. The molecule has 0 radical (unpaired) electrons. The smallest absolute Gasteiger partial charge is 0.268 e. The van der Waals surface area contributed by atoms with E-state index in [0.29, 0.717) is 22.8 Å². The third-order valence-corrected chi connectivity index (χ3v) is 7.00. The van der Waals surface area contributed by atoms with Crippen molar-refractivity contribution in [1.82, 2.24) is 4.90 Å². The molecule has 0 unspecified atom stereocenters. The number of amides is 2. The Morgan fingerprint density at radius 2 is 1.65 bits per heavy atom. The fourth-order valence-corrected chi connectivity index (χ4v) is 5.33. The summed E-state index contributed by atoms with van der Waals surface area (Å²) in [5.74, 6) is 1.17. The number of rotatable bonds is 8. The number of benzene rings is 2. The second-order valence-corrected chi connectivity index (χ2v) is 9.11. The van der Waals surface area contributed by atoms with Crippen LogP contribution in [0.2, 0.25) is 0 Å². The molecular formula is C26H29NO3S. The number of hydrogen-bond acceptors (Lipinski definition) is 4. The molecule has 162 valence electrons. The Labute approximate surface area is 188 Å². The van der Waals surface area contributed by atoms with Crippen LogP contribution in [0, 0.1) is 0 Å². The minimum atomic E-state index is -0.144.